The van der Waals surface area contributed by atoms with Gasteiger partial charge in [-0.15, -0.1) is 0 Å². The maximum atomic E-state index is 12.3. The summed E-state index contributed by atoms with van der Waals surface area (Å²) in [5, 5.41) is 14.5. The molecular weight excluding hydrogens is 320 g/mol. The summed E-state index contributed by atoms with van der Waals surface area (Å²) in [6.45, 7) is 0.552. The Morgan fingerprint density at radius 3 is 2.62 bits per heavy atom. The van der Waals surface area contributed by atoms with Crippen LogP contribution in [0.15, 0.2) is 71.9 Å². The zero-order valence-electron chi connectivity index (χ0n) is 13.4. The molecule has 0 bridgehead atoms. The fraction of sp³-hybridized carbons (Fsp3) is 0.158. The van der Waals surface area contributed by atoms with E-state index in [-0.39, 0.29) is 11.7 Å². The second kappa shape index (κ2) is 7.36. The Bertz CT molecular complexity index is 867. The van der Waals surface area contributed by atoms with Crippen molar-refractivity contribution in [2.45, 2.75) is 11.6 Å². The first kappa shape index (κ1) is 16.3. The molecule has 0 aliphatic heterocycles. The molecule has 0 saturated heterocycles. The lowest BCUT2D eigenvalue weighted by molar-refractivity contribution is -0.645. The predicted molar refractivity (Wildman–Crippen MR) is 96.5 cm³/mol. The van der Waals surface area contributed by atoms with Gasteiger partial charge >= 0.3 is 0 Å². The van der Waals surface area contributed by atoms with Crippen molar-refractivity contribution < 1.29 is 9.52 Å². The summed E-state index contributed by atoms with van der Waals surface area (Å²) in [7, 11) is 1.79. The number of rotatable bonds is 5. The van der Waals surface area contributed by atoms with Crippen LogP contribution >= 0.6 is 11.8 Å². The number of benzene rings is 2. The van der Waals surface area contributed by atoms with Gasteiger partial charge in [0.15, 0.2) is 6.20 Å². The molecule has 4 nitrogen and oxygen atoms in total. The van der Waals surface area contributed by atoms with Gasteiger partial charge in [0.2, 0.25) is 5.91 Å². The second-order valence-electron chi connectivity index (χ2n) is 5.58. The van der Waals surface area contributed by atoms with E-state index >= 15 is 0 Å². The Kier molecular flexibility index (Phi) is 5.01. The highest BCUT2D eigenvalue weighted by molar-refractivity contribution is 7.99. The van der Waals surface area contributed by atoms with E-state index < -0.39 is 0 Å². The van der Waals surface area contributed by atoms with Crippen LogP contribution in [0.4, 0.5) is 0 Å². The summed E-state index contributed by atoms with van der Waals surface area (Å²) < 4.78 is 0.779. The van der Waals surface area contributed by atoms with E-state index in [0.29, 0.717) is 11.6 Å². The summed E-state index contributed by atoms with van der Waals surface area (Å²) in [5.41, 5.74) is 1.09. The smallest absolute Gasteiger partial charge is 0.251 e. The molecule has 0 unspecified atom stereocenters. The lowest BCUT2D eigenvalue weighted by Crippen LogP contribution is -2.31. The highest BCUT2D eigenvalue weighted by Crippen LogP contribution is 2.18. The first-order valence-corrected chi connectivity index (χ1v) is 8.65. The number of carbonyl (C=O) groups excluding carboxylic acids is 1. The van der Waals surface area contributed by atoms with Crippen molar-refractivity contribution in [1.82, 2.24) is 4.90 Å². The van der Waals surface area contributed by atoms with Gasteiger partial charge in [-0.3, -0.25) is 4.79 Å². The first-order valence-electron chi connectivity index (χ1n) is 7.66. The molecule has 1 heterocycles. The summed E-state index contributed by atoms with van der Waals surface area (Å²) in [6, 6.07) is 19.6. The first-order chi connectivity index (χ1) is 11.6. The third-order valence-corrected chi connectivity index (χ3v) is 4.79. The quantitative estimate of drug-likeness (QED) is 0.408. The zero-order chi connectivity index (χ0) is 16.9. The molecule has 0 aliphatic rings. The second-order valence-corrected chi connectivity index (χ2v) is 6.58. The van der Waals surface area contributed by atoms with E-state index in [4.69, 9.17) is 0 Å². The molecule has 122 valence electrons. The molecule has 1 aromatic heterocycles. The topological polar surface area (TPSA) is 47.2 Å². The van der Waals surface area contributed by atoms with E-state index in [0.717, 1.165) is 10.3 Å². The molecule has 1 amide bonds. The Labute approximate surface area is 145 Å². The highest BCUT2D eigenvalue weighted by atomic mass is 32.2. The number of aromatic nitrogens is 1. The average molecular weight is 338 g/mol. The minimum Gasteiger partial charge on any atom is -0.618 e. The van der Waals surface area contributed by atoms with Crippen molar-refractivity contribution in [3.63, 3.8) is 0 Å². The van der Waals surface area contributed by atoms with Crippen LogP contribution in [0.3, 0.4) is 0 Å². The van der Waals surface area contributed by atoms with Gasteiger partial charge in [-0.25, -0.2) is 0 Å². The van der Waals surface area contributed by atoms with Crippen LogP contribution in [-0.4, -0.2) is 23.6 Å². The minimum atomic E-state index is -0.00277. The predicted octanol–water partition coefficient (Wildman–Crippen LogP) is 3.22. The van der Waals surface area contributed by atoms with Gasteiger partial charge in [-0.1, -0.05) is 36.4 Å². The molecule has 24 heavy (non-hydrogen) atoms. The van der Waals surface area contributed by atoms with Gasteiger partial charge in [0.05, 0.1) is 5.75 Å². The van der Waals surface area contributed by atoms with Crippen LogP contribution < -0.4 is 4.73 Å². The van der Waals surface area contributed by atoms with Crippen LogP contribution in [0.5, 0.6) is 0 Å². The number of hydrogen-bond donors (Lipinski definition) is 0. The number of carbonyl (C=O) groups is 1. The summed E-state index contributed by atoms with van der Waals surface area (Å²) >= 11 is 1.26. The van der Waals surface area contributed by atoms with E-state index in [1.165, 1.54) is 28.7 Å². The Balaban J connectivity index is 1.61. The van der Waals surface area contributed by atoms with Gasteiger partial charge in [0.1, 0.15) is 0 Å². The SMILES string of the molecule is CN(Cc1ccc2ccccc2c1)C(=O)CSc1cccc[n+]1[O-]. The molecule has 0 N–H and O–H groups in total. The molecule has 0 saturated carbocycles. The largest absolute Gasteiger partial charge is 0.618 e. The van der Waals surface area contributed by atoms with E-state index in [2.05, 4.69) is 24.3 Å². The number of thioether (sulfide) groups is 1. The van der Waals surface area contributed by atoms with Crippen molar-refractivity contribution >= 4 is 28.4 Å². The van der Waals surface area contributed by atoms with Crippen molar-refractivity contribution in [3.8, 4) is 0 Å². The molecule has 3 rings (SSSR count). The van der Waals surface area contributed by atoms with Crippen LogP contribution in [0.2, 0.25) is 0 Å². The molecule has 2 aromatic carbocycles. The molecule has 0 aliphatic carbocycles. The van der Waals surface area contributed by atoms with Crippen molar-refractivity contribution in [3.05, 3.63) is 77.6 Å². The van der Waals surface area contributed by atoms with Crippen molar-refractivity contribution in [1.29, 1.82) is 0 Å². The lowest BCUT2D eigenvalue weighted by Gasteiger charge is -2.17. The van der Waals surface area contributed by atoms with Crippen LogP contribution in [-0.2, 0) is 11.3 Å². The minimum absolute atomic E-state index is 0.00277. The monoisotopic (exact) mass is 338 g/mol. The summed E-state index contributed by atoms with van der Waals surface area (Å²) in [4.78, 5) is 14.0. The number of fused-ring (bicyclic) bond motifs is 1. The Hall–Kier alpha value is -2.53. The third-order valence-electron chi connectivity index (χ3n) is 3.79. The van der Waals surface area contributed by atoms with Gasteiger partial charge in [-0.05, 0) is 40.2 Å². The lowest BCUT2D eigenvalue weighted by atomic mass is 10.1. The Morgan fingerprint density at radius 1 is 1.08 bits per heavy atom. The summed E-state index contributed by atoms with van der Waals surface area (Å²) in [5.74, 6) is 0.244. The number of hydrogen-bond acceptors (Lipinski definition) is 3. The zero-order valence-corrected chi connectivity index (χ0v) is 14.2. The van der Waals surface area contributed by atoms with Gasteiger partial charge in [0.25, 0.3) is 5.03 Å². The van der Waals surface area contributed by atoms with Crippen molar-refractivity contribution in [2.75, 3.05) is 12.8 Å². The molecule has 0 fully saturated rings. The van der Waals surface area contributed by atoms with Crippen molar-refractivity contribution in [2.24, 2.45) is 0 Å². The molecular formula is C19H18N2O2S. The van der Waals surface area contributed by atoms with E-state index in [9.17, 15) is 10.0 Å². The standard InChI is InChI=1S/C19H18N2O2S/c1-20(18(22)14-24-19-8-4-5-11-21(19)23)13-15-9-10-16-6-2-3-7-17(16)12-15/h2-12H,13-14H2,1H3. The van der Waals surface area contributed by atoms with Gasteiger partial charge in [-0.2, -0.15) is 4.73 Å². The maximum absolute atomic E-state index is 12.3. The van der Waals surface area contributed by atoms with E-state index in [1.54, 1.807) is 30.1 Å². The third kappa shape index (κ3) is 3.86. The van der Waals surface area contributed by atoms with E-state index in [1.807, 2.05) is 18.2 Å². The average Bonchev–Trinajstić information content (AvgIpc) is 2.60. The number of pyridine rings is 1. The van der Waals surface area contributed by atoms with Crippen LogP contribution in [0, 0.1) is 5.21 Å². The van der Waals surface area contributed by atoms with Gasteiger partial charge < -0.3 is 10.1 Å². The van der Waals surface area contributed by atoms with Crippen LogP contribution in [0.1, 0.15) is 5.56 Å². The molecule has 0 atom stereocenters. The number of nitrogens with zero attached hydrogens (tertiary/aromatic N) is 2. The number of amides is 1. The molecule has 0 spiro atoms. The normalized spacial score (nSPS) is 10.7. The fourth-order valence-electron chi connectivity index (χ4n) is 2.47. The highest BCUT2D eigenvalue weighted by Gasteiger charge is 2.13. The molecule has 3 aromatic rings. The molecule has 5 heteroatoms. The Morgan fingerprint density at radius 2 is 1.83 bits per heavy atom. The summed E-state index contributed by atoms with van der Waals surface area (Å²) in [6.07, 6.45) is 1.44. The molecule has 0 radical (unpaired) electrons. The van der Waals surface area contributed by atoms with Crippen LogP contribution in [0.25, 0.3) is 10.8 Å². The fourth-order valence-corrected chi connectivity index (χ4v) is 3.32. The maximum Gasteiger partial charge on any atom is 0.251 e. The van der Waals surface area contributed by atoms with Gasteiger partial charge in [0, 0.05) is 25.7 Å².